The van der Waals surface area contributed by atoms with Crippen LogP contribution >= 0.6 is 23.4 Å². The number of aromatic nitrogens is 2. The van der Waals surface area contributed by atoms with Crippen LogP contribution in [0.1, 0.15) is 34.8 Å². The summed E-state index contributed by atoms with van der Waals surface area (Å²) in [4.78, 5) is 26.0. The molecule has 0 unspecified atom stereocenters. The standard InChI is InChI=1S/C44H47ClN6O3S2/c1-48(2)24-22-38(23-29-55-39-9-4-3-5-10-39)51-32-46-42-30-40(20-21-43(42)51)56(53,54)47-44(52)34-14-18-37(19-15-34)50-27-25-49(26-28-50)31-35-8-6-7-11-41(35)33-12-16-36(45)17-13-33/h3-21,30,32,38H,22-29,31H2,1-2H3,(H,47,52)/t38-/m1/s1. The predicted octanol–water partition coefficient (Wildman–Crippen LogP) is 8.47. The molecule has 0 radical (unpaired) electrons. The van der Waals surface area contributed by atoms with Crippen LogP contribution in [0.3, 0.4) is 0 Å². The molecule has 1 N–H and O–H groups in total. The molecule has 1 fully saturated rings. The van der Waals surface area contributed by atoms with Crippen molar-refractivity contribution in [1.29, 1.82) is 0 Å². The molecule has 1 saturated heterocycles. The molecule has 1 aromatic heterocycles. The highest BCUT2D eigenvalue weighted by Crippen LogP contribution is 2.30. The minimum atomic E-state index is -4.14. The number of nitrogens with zero attached hydrogens (tertiary/aromatic N) is 5. The fourth-order valence-corrected chi connectivity index (χ4v) is 9.26. The first-order valence-electron chi connectivity index (χ1n) is 18.9. The molecule has 5 aromatic carbocycles. The summed E-state index contributed by atoms with van der Waals surface area (Å²) in [5, 5.41) is 0.725. The monoisotopic (exact) mass is 806 g/mol. The number of carbonyl (C=O) groups is 1. The number of nitrogens with one attached hydrogen (secondary N) is 1. The van der Waals surface area contributed by atoms with Crippen LogP contribution in [-0.4, -0.2) is 86.2 Å². The summed E-state index contributed by atoms with van der Waals surface area (Å²) >= 11 is 7.96. The Balaban J connectivity index is 0.952. The maximum atomic E-state index is 13.5. The van der Waals surface area contributed by atoms with Gasteiger partial charge in [-0.1, -0.05) is 66.2 Å². The number of fused-ring (bicyclic) bond motifs is 1. The first kappa shape index (κ1) is 39.6. The van der Waals surface area contributed by atoms with Gasteiger partial charge in [0.1, 0.15) is 0 Å². The molecule has 12 heteroatoms. The van der Waals surface area contributed by atoms with Gasteiger partial charge in [0, 0.05) is 59.9 Å². The van der Waals surface area contributed by atoms with E-state index in [-0.39, 0.29) is 16.5 Å². The van der Waals surface area contributed by atoms with Gasteiger partial charge < -0.3 is 14.4 Å². The van der Waals surface area contributed by atoms with Crippen molar-refractivity contribution in [1.82, 2.24) is 24.1 Å². The quantitative estimate of drug-likeness (QED) is 0.104. The smallest absolute Gasteiger partial charge is 0.264 e. The molecule has 6 aromatic rings. The van der Waals surface area contributed by atoms with E-state index in [4.69, 9.17) is 11.6 Å². The lowest BCUT2D eigenvalue weighted by molar-refractivity contribution is 0.0981. The Bertz CT molecular complexity index is 2340. The first-order valence-corrected chi connectivity index (χ1v) is 21.8. The van der Waals surface area contributed by atoms with Gasteiger partial charge in [-0.3, -0.25) is 9.69 Å². The predicted molar refractivity (Wildman–Crippen MR) is 229 cm³/mol. The van der Waals surface area contributed by atoms with Gasteiger partial charge in [0.15, 0.2) is 0 Å². The van der Waals surface area contributed by atoms with Crippen molar-refractivity contribution in [3.8, 4) is 11.1 Å². The number of hydrogen-bond acceptors (Lipinski definition) is 8. The van der Waals surface area contributed by atoms with Crippen LogP contribution in [0, 0.1) is 0 Å². The highest BCUT2D eigenvalue weighted by atomic mass is 35.5. The van der Waals surface area contributed by atoms with Crippen molar-refractivity contribution < 1.29 is 13.2 Å². The molecular formula is C44H47ClN6O3S2. The maximum Gasteiger partial charge on any atom is 0.264 e. The van der Waals surface area contributed by atoms with Crippen molar-refractivity contribution in [2.75, 3.05) is 57.5 Å². The molecule has 0 aliphatic carbocycles. The van der Waals surface area contributed by atoms with E-state index >= 15 is 0 Å². The Morgan fingerprint density at radius 2 is 1.57 bits per heavy atom. The number of thioether (sulfide) groups is 1. The van der Waals surface area contributed by atoms with Gasteiger partial charge in [-0.05, 0) is 123 Å². The molecule has 9 nitrogen and oxygen atoms in total. The Kier molecular flexibility index (Phi) is 12.8. The molecule has 7 rings (SSSR count). The number of hydrogen-bond donors (Lipinski definition) is 1. The Morgan fingerprint density at radius 1 is 0.857 bits per heavy atom. The average molecular weight is 807 g/mol. The van der Waals surface area contributed by atoms with Crippen molar-refractivity contribution in [3.05, 3.63) is 144 Å². The number of benzene rings is 5. The Hall–Kier alpha value is -4.65. The van der Waals surface area contributed by atoms with Crippen LogP contribution in [0.25, 0.3) is 22.2 Å². The van der Waals surface area contributed by atoms with E-state index in [1.165, 1.54) is 16.0 Å². The lowest BCUT2D eigenvalue weighted by atomic mass is 9.99. The van der Waals surface area contributed by atoms with Crippen LogP contribution < -0.4 is 9.62 Å². The number of halogens is 1. The van der Waals surface area contributed by atoms with E-state index in [0.717, 1.165) is 79.7 Å². The van der Waals surface area contributed by atoms with Gasteiger partial charge in [0.2, 0.25) is 0 Å². The van der Waals surface area contributed by atoms with Crippen molar-refractivity contribution in [2.45, 2.75) is 35.2 Å². The first-order chi connectivity index (χ1) is 27.1. The van der Waals surface area contributed by atoms with Crippen LogP contribution in [0.2, 0.25) is 5.02 Å². The molecule has 2 heterocycles. The van der Waals surface area contributed by atoms with Crippen LogP contribution in [0.4, 0.5) is 5.69 Å². The van der Waals surface area contributed by atoms with E-state index in [0.29, 0.717) is 5.52 Å². The number of rotatable bonds is 15. The molecule has 290 valence electrons. The molecule has 56 heavy (non-hydrogen) atoms. The van der Waals surface area contributed by atoms with Crippen LogP contribution in [-0.2, 0) is 16.6 Å². The lowest BCUT2D eigenvalue weighted by Gasteiger charge is -2.36. The lowest BCUT2D eigenvalue weighted by Crippen LogP contribution is -2.46. The summed E-state index contributed by atoms with van der Waals surface area (Å²) in [5.41, 5.74) is 6.34. The number of piperazine rings is 1. The molecule has 1 atom stereocenters. The molecular weight excluding hydrogens is 760 g/mol. The zero-order chi connectivity index (χ0) is 39.1. The summed E-state index contributed by atoms with van der Waals surface area (Å²) in [6.07, 6.45) is 3.67. The van der Waals surface area contributed by atoms with Gasteiger partial charge in [-0.25, -0.2) is 18.1 Å². The van der Waals surface area contributed by atoms with Gasteiger partial charge in [0.25, 0.3) is 15.9 Å². The zero-order valence-electron chi connectivity index (χ0n) is 31.7. The van der Waals surface area contributed by atoms with Gasteiger partial charge in [-0.15, -0.1) is 11.8 Å². The molecule has 0 spiro atoms. The van der Waals surface area contributed by atoms with Gasteiger partial charge in [-0.2, -0.15) is 0 Å². The summed E-state index contributed by atoms with van der Waals surface area (Å²) in [5.74, 6) is 0.269. The van der Waals surface area contributed by atoms with E-state index in [2.05, 4.69) is 104 Å². The second kappa shape index (κ2) is 18.1. The van der Waals surface area contributed by atoms with Crippen LogP contribution in [0.15, 0.2) is 137 Å². The topological polar surface area (TPSA) is 90.8 Å². The normalized spacial score (nSPS) is 14.3. The number of imidazole rings is 1. The van der Waals surface area contributed by atoms with Crippen LogP contribution in [0.5, 0.6) is 0 Å². The van der Waals surface area contributed by atoms with E-state index in [9.17, 15) is 13.2 Å². The average Bonchev–Trinajstić information content (AvgIpc) is 3.64. The fourth-order valence-electron chi connectivity index (χ4n) is 7.17. The third-order valence-corrected chi connectivity index (χ3v) is 12.9. The highest BCUT2D eigenvalue weighted by molar-refractivity contribution is 7.99. The van der Waals surface area contributed by atoms with Crippen molar-refractivity contribution in [2.24, 2.45) is 0 Å². The SMILES string of the molecule is CN(C)CC[C@H](CCSc1ccccc1)n1cnc2cc(S(=O)(=O)NC(=O)c3ccc(N4CCN(Cc5ccccc5-c5ccc(Cl)cc5)CC4)cc3)ccc21. The van der Waals surface area contributed by atoms with E-state index < -0.39 is 15.9 Å². The largest absolute Gasteiger partial charge is 0.369 e. The van der Waals surface area contributed by atoms with E-state index in [1.807, 2.05) is 42.1 Å². The Morgan fingerprint density at radius 3 is 2.30 bits per heavy atom. The van der Waals surface area contributed by atoms with E-state index in [1.54, 1.807) is 36.7 Å². The molecule has 0 bridgehead atoms. The number of amides is 1. The summed E-state index contributed by atoms with van der Waals surface area (Å²) in [6.45, 7) is 5.22. The second-order valence-corrected chi connectivity index (χ2v) is 17.7. The molecule has 1 aliphatic heterocycles. The number of sulfonamides is 1. The summed E-state index contributed by atoms with van der Waals surface area (Å²) in [7, 11) is -0.0119. The summed E-state index contributed by atoms with van der Waals surface area (Å²) < 4.78 is 31.3. The van der Waals surface area contributed by atoms with Gasteiger partial charge >= 0.3 is 0 Å². The third-order valence-electron chi connectivity index (χ3n) is 10.3. The molecule has 0 saturated carbocycles. The minimum absolute atomic E-state index is 0.00152. The zero-order valence-corrected chi connectivity index (χ0v) is 34.1. The molecule has 1 aliphatic rings. The number of anilines is 1. The number of carbonyl (C=O) groups excluding carboxylic acids is 1. The second-order valence-electron chi connectivity index (χ2n) is 14.4. The maximum absolute atomic E-state index is 13.5. The van der Waals surface area contributed by atoms with Crippen molar-refractivity contribution in [3.63, 3.8) is 0 Å². The summed E-state index contributed by atoms with van der Waals surface area (Å²) in [6, 6.07) is 39.0. The Labute approximate surface area is 339 Å². The highest BCUT2D eigenvalue weighted by Gasteiger charge is 2.23. The van der Waals surface area contributed by atoms with Gasteiger partial charge in [0.05, 0.1) is 22.3 Å². The minimum Gasteiger partial charge on any atom is -0.369 e. The molecule has 1 amide bonds. The van der Waals surface area contributed by atoms with Crippen molar-refractivity contribution >= 4 is 56.0 Å². The third kappa shape index (κ3) is 9.83. The fraction of sp³-hybridized carbons (Fsp3) is 0.273.